The van der Waals surface area contributed by atoms with Crippen LogP contribution >= 0.6 is 0 Å². The summed E-state index contributed by atoms with van der Waals surface area (Å²) in [7, 11) is 0. The molecule has 4 aromatic carbocycles. The molecule has 7 aromatic rings. The highest BCUT2D eigenvalue weighted by molar-refractivity contribution is 6.06. The van der Waals surface area contributed by atoms with Gasteiger partial charge in [0.2, 0.25) is 65.0 Å². The van der Waals surface area contributed by atoms with E-state index in [9.17, 15) is 72.9 Å². The van der Waals surface area contributed by atoms with E-state index in [0.29, 0.717) is 174 Å². The molecule has 768 valence electrons. The number of rotatable bonds is 70. The van der Waals surface area contributed by atoms with Crippen LogP contribution < -0.4 is 69.4 Å². The van der Waals surface area contributed by atoms with E-state index in [0.717, 1.165) is 73.6 Å². The number of tetrazole rings is 1. The first-order chi connectivity index (χ1) is 67.1. The fourth-order valence-electron chi connectivity index (χ4n) is 14.2. The van der Waals surface area contributed by atoms with Gasteiger partial charge in [-0.25, -0.2) is 9.37 Å². The number of aliphatic hydroxyl groups excluding tert-OH is 2. The Hall–Kier alpha value is -12.8. The van der Waals surface area contributed by atoms with Crippen LogP contribution in [0.25, 0.3) is 11.1 Å². The molecule has 140 heavy (non-hydrogen) atoms. The van der Waals surface area contributed by atoms with Crippen molar-refractivity contribution in [2.75, 3.05) is 125 Å². The number of hydrogen-bond acceptors (Lipinski definition) is 30. The predicted octanol–water partition coefficient (Wildman–Crippen LogP) is -0.488. The molecule has 3 aromatic heterocycles. The summed E-state index contributed by atoms with van der Waals surface area (Å²) in [5, 5.41) is 78.5. The van der Waals surface area contributed by atoms with Crippen molar-refractivity contribution in [3.63, 3.8) is 0 Å². The summed E-state index contributed by atoms with van der Waals surface area (Å²) < 4.78 is 67.6. The summed E-state index contributed by atoms with van der Waals surface area (Å²) >= 11 is 0. The Balaban J connectivity index is 0.924. The molecule has 7 rings (SSSR count). The third-order valence-electron chi connectivity index (χ3n) is 21.9. The number of H-pyrrole nitrogens is 2. The zero-order valence-corrected chi connectivity index (χ0v) is 80.7. The largest absolute Gasteiger partial charge is 0.494 e. The zero-order chi connectivity index (χ0) is 102. The van der Waals surface area contributed by atoms with Crippen molar-refractivity contribution in [3.05, 3.63) is 160 Å². The molecule has 0 saturated heterocycles. The highest BCUT2D eigenvalue weighted by atomic mass is 19.1. The number of imidazole rings is 1. The van der Waals surface area contributed by atoms with Crippen LogP contribution in [0.3, 0.4) is 0 Å². The lowest BCUT2D eigenvalue weighted by Gasteiger charge is -2.34. The van der Waals surface area contributed by atoms with Crippen LogP contribution in [0, 0.1) is 25.1 Å². The van der Waals surface area contributed by atoms with Gasteiger partial charge in [-0.2, -0.15) is 5.21 Å². The number of nitrogens with one attached hydrogen (secondary N) is 12. The number of carboxylic acids is 1. The normalized spacial score (nSPS) is 13.8. The Kier molecular flexibility index (Phi) is 49.7. The molecule has 0 aliphatic carbocycles. The molecule has 45 nitrogen and oxygen atoms in total. The Morgan fingerprint density at radius 1 is 0.564 bits per heavy atom. The molecular formula is C94H136FN21O24. The van der Waals surface area contributed by atoms with E-state index in [1.54, 1.807) is 23.0 Å². The van der Waals surface area contributed by atoms with Gasteiger partial charge in [0.1, 0.15) is 70.5 Å². The zero-order valence-electron chi connectivity index (χ0n) is 80.7. The number of ether oxygens (including phenoxy) is 9. The molecule has 19 N–H and O–H groups in total. The van der Waals surface area contributed by atoms with E-state index in [1.165, 1.54) is 38.4 Å². The van der Waals surface area contributed by atoms with Gasteiger partial charge in [-0.05, 0) is 145 Å². The molecule has 0 spiro atoms. The van der Waals surface area contributed by atoms with Gasteiger partial charge >= 0.3 is 5.97 Å². The molecule has 3 heterocycles. The number of carbonyl (C=O) groups excluding carboxylic acids is 11. The fraction of sp³-hybridized carbons (Fsp3) is 0.553. The van der Waals surface area contributed by atoms with Crippen molar-refractivity contribution in [1.29, 1.82) is 0 Å². The van der Waals surface area contributed by atoms with Crippen molar-refractivity contribution in [1.82, 2.24) is 98.8 Å². The van der Waals surface area contributed by atoms with Crippen LogP contribution in [-0.4, -0.2) is 317 Å². The van der Waals surface area contributed by atoms with E-state index < -0.39 is 168 Å². The minimum atomic E-state index is -2.37. The van der Waals surface area contributed by atoms with E-state index in [-0.39, 0.29) is 37.4 Å². The number of nitrogens with zero attached hydrogens (tertiary/aromatic N) is 7. The third kappa shape index (κ3) is 41.0. The van der Waals surface area contributed by atoms with Crippen LogP contribution in [0.15, 0.2) is 104 Å². The van der Waals surface area contributed by atoms with Crippen LogP contribution in [0.4, 0.5) is 4.39 Å². The minimum Gasteiger partial charge on any atom is -0.494 e. The average molecular weight is 1960 g/mol. The van der Waals surface area contributed by atoms with E-state index in [4.69, 9.17) is 54.1 Å². The Morgan fingerprint density at radius 2 is 1.16 bits per heavy atom. The summed E-state index contributed by atoms with van der Waals surface area (Å²) in [5.74, 6) is -13.6. The number of amides is 11. The second-order valence-corrected chi connectivity index (χ2v) is 34.1. The Bertz CT molecular complexity index is 5010. The number of carbonyl (C=O) groups is 12. The summed E-state index contributed by atoms with van der Waals surface area (Å²) in [6.45, 7) is 20.6. The number of halogens is 1. The maximum atomic E-state index is 15.6. The van der Waals surface area contributed by atoms with Gasteiger partial charge in [0.25, 0.3) is 0 Å². The van der Waals surface area contributed by atoms with E-state index in [2.05, 4.69) is 94.1 Å². The molecule has 11 amide bonds. The Labute approximate surface area is 811 Å². The van der Waals surface area contributed by atoms with Gasteiger partial charge in [-0.15, -0.1) is 15.3 Å². The molecule has 0 saturated carbocycles. The van der Waals surface area contributed by atoms with Gasteiger partial charge in [0.15, 0.2) is 5.82 Å². The molecule has 0 aliphatic heterocycles. The maximum absolute atomic E-state index is 15.6. The number of primary amides is 1. The number of nitrogens with two attached hydrogens (primary N) is 2. The van der Waals surface area contributed by atoms with Crippen LogP contribution in [0.5, 0.6) is 5.75 Å². The predicted molar refractivity (Wildman–Crippen MR) is 504 cm³/mol. The lowest BCUT2D eigenvalue weighted by molar-refractivity contribution is -0.143. The molecule has 0 fully saturated rings. The monoisotopic (exact) mass is 1960 g/mol. The van der Waals surface area contributed by atoms with Crippen LogP contribution in [0.1, 0.15) is 131 Å². The van der Waals surface area contributed by atoms with Crippen molar-refractivity contribution in [2.24, 2.45) is 16.9 Å². The first-order valence-electron chi connectivity index (χ1n) is 46.5. The van der Waals surface area contributed by atoms with E-state index >= 15 is 4.39 Å². The molecule has 0 radical (unpaired) electrons. The van der Waals surface area contributed by atoms with Crippen LogP contribution in [0.2, 0.25) is 0 Å². The number of aryl methyl sites for hydroxylation is 5. The molecule has 46 heteroatoms. The smallest absolute Gasteiger partial charge is 0.305 e. The molecule has 10 atom stereocenters. The third-order valence-corrected chi connectivity index (χ3v) is 21.9. The number of unbranched alkanes of at least 4 members (excludes halogenated alkanes) is 1. The topological polar surface area (TPSA) is 635 Å². The first-order valence-corrected chi connectivity index (χ1v) is 46.5. The minimum absolute atomic E-state index is 0.0610. The highest BCUT2D eigenvalue weighted by Gasteiger charge is 2.44. The Morgan fingerprint density at radius 3 is 1.74 bits per heavy atom. The van der Waals surface area contributed by atoms with Gasteiger partial charge in [0, 0.05) is 57.2 Å². The SMILES string of the molecule is CCc1cc(OCCCCn2cc(COCCOCCOCCOCCOCCOCCOCCOCCN)nn2)ccc1-c1ccc(C[C@H](NC(=O)[C@H](CC(=O)O)NC(=O)[C@H](C)NC(=O)[C@@H](NC(=O)C(C)(Cc2ccccc2F)NC(=O)[C@@H](NC(=O)CNC(=O)[C@H](Cc2nn[nH]n2)NC(=O)C(C)(C)C(=O)NCCc2cnc[nH]2)[C@@H](C)O)[C@@H](C)O)C(=O)N[C@@H](CCCc2cc(C)cc(C)c2)C(N)=O)cc1. The maximum Gasteiger partial charge on any atom is 0.305 e. The summed E-state index contributed by atoms with van der Waals surface area (Å²) in [6.07, 6.45) is 2.22. The van der Waals surface area contributed by atoms with Gasteiger partial charge < -0.3 is 128 Å². The van der Waals surface area contributed by atoms with Gasteiger partial charge in [-0.3, -0.25) is 62.2 Å². The number of aliphatic carboxylic acids is 1. The lowest BCUT2D eigenvalue weighted by atomic mass is 9.90. The second kappa shape index (κ2) is 60.9. The van der Waals surface area contributed by atoms with Gasteiger partial charge in [-0.1, -0.05) is 95.2 Å². The number of carboxylic acid groups (broad SMARTS) is 1. The molecule has 1 unspecified atom stereocenters. The summed E-state index contributed by atoms with van der Waals surface area (Å²) in [5.41, 5.74) is 14.5. The molecule has 0 aliphatic rings. The second-order valence-electron chi connectivity index (χ2n) is 34.1. The lowest BCUT2D eigenvalue weighted by Crippen LogP contribution is -2.66. The van der Waals surface area contributed by atoms with Crippen molar-refractivity contribution >= 4 is 70.9 Å². The fourth-order valence-corrected chi connectivity index (χ4v) is 14.2. The van der Waals surface area contributed by atoms with E-state index in [1.807, 2.05) is 75.5 Å². The van der Waals surface area contributed by atoms with Crippen molar-refractivity contribution in [3.8, 4) is 16.9 Å². The summed E-state index contributed by atoms with van der Waals surface area (Å²) in [6, 6.07) is 11.9. The number of aromatic nitrogens is 9. The number of aliphatic hydroxyl groups is 2. The number of aromatic amines is 2. The standard InChI is InChI=1S/C94H136FN21O24/c1-10-66-50-71(140-30-14-13-29-116-56-70(110-115-116)57-139-45-44-138-43-42-137-41-40-136-39-38-135-37-36-134-35-34-133-33-32-132-31-27-96)24-25-72(66)67-22-20-64(21-23-67)49-75(86(125)103-74(83(97)122)19-15-16-65-47-59(2)46-60(3)48-65)105-87(126)77(52-80(120)121)104-84(123)61(4)102-88(127)81(62(5)117)108-92(131)94(9,53-68-17-11-12-18-73(68)95)109-89(128)82(63(6)118)107-79(119)55-100-85(124)76(51-78-111-113-114-112-78)106-91(130)93(7,8)90(129)99-28-26-69-54-98-58-101-69/h11-12,17-18,20-25,46-48,50,54,56,58,61-63,74-77,81-82,117-118H,10,13-16,19,26-45,49,51-53,55,57,96H2,1-9H3,(H2,97,122)(H,98,101)(H,99,129)(H,100,124)(H,102,127)(H,103,125)(H,104,123)(H,105,126)(H,106,130)(H,107,119)(H,108,131)(H,109,128)(H,120,121)(H,111,112,113,114)/t61-,62+,63+,74-,75-,76-,77-,81-,82-,94?/m0/s1. The van der Waals surface area contributed by atoms with Crippen molar-refractivity contribution in [2.45, 2.75) is 206 Å². The highest BCUT2D eigenvalue weighted by Crippen LogP contribution is 2.30. The number of benzene rings is 4. The quantitative estimate of drug-likeness (QED) is 0.0169. The average Bonchev–Trinajstić information content (AvgIpc) is 0.896. The number of hydrogen-bond donors (Lipinski definition) is 17. The molecular weight excluding hydrogens is 1830 g/mol. The first kappa shape index (κ1) is 114. The van der Waals surface area contributed by atoms with Crippen LogP contribution in [-0.2, 0) is 147 Å². The van der Waals surface area contributed by atoms with Crippen molar-refractivity contribution < 1.29 is 120 Å². The summed E-state index contributed by atoms with van der Waals surface area (Å²) in [4.78, 5) is 174. The molecule has 0 bridgehead atoms. The van der Waals surface area contributed by atoms with Gasteiger partial charge in [0.05, 0.1) is 150 Å².